The predicted octanol–water partition coefficient (Wildman–Crippen LogP) is 3.16. The molecule has 3 rings (SSSR count). The molecule has 0 spiro atoms. The summed E-state index contributed by atoms with van der Waals surface area (Å²) in [6.07, 6.45) is 1.54. The number of nitrogens with zero attached hydrogens (tertiary/aromatic N) is 2. The normalized spacial score (nSPS) is 10.8. The van der Waals surface area contributed by atoms with Gasteiger partial charge in [-0.15, -0.1) is 11.3 Å². The summed E-state index contributed by atoms with van der Waals surface area (Å²) >= 11 is 1.41. The molecule has 102 valence electrons. The maximum Gasteiger partial charge on any atom is 0.356 e. The molecule has 0 saturated carbocycles. The van der Waals surface area contributed by atoms with Crippen LogP contribution < -0.4 is 4.74 Å². The number of hydrogen-bond donors (Lipinski definition) is 1. The Labute approximate surface area is 119 Å². The zero-order valence-electron chi connectivity index (χ0n) is 10.7. The van der Waals surface area contributed by atoms with Gasteiger partial charge >= 0.3 is 5.97 Å². The van der Waals surface area contributed by atoms with Crippen molar-refractivity contribution in [2.24, 2.45) is 0 Å². The van der Waals surface area contributed by atoms with E-state index < -0.39 is 5.97 Å². The summed E-state index contributed by atoms with van der Waals surface area (Å²) in [6.45, 7) is 2.54. The van der Waals surface area contributed by atoms with Crippen LogP contribution in [0, 0.1) is 0 Å². The summed E-state index contributed by atoms with van der Waals surface area (Å²) in [5.74, 6) is -0.224. The number of imidazole rings is 1. The molecule has 0 fully saturated rings. The van der Waals surface area contributed by atoms with Gasteiger partial charge in [0.2, 0.25) is 0 Å². The molecule has 0 radical (unpaired) electrons. The Hall–Kier alpha value is -2.34. The lowest BCUT2D eigenvalue weighted by molar-refractivity contribution is 0.0691. The van der Waals surface area contributed by atoms with Crippen molar-refractivity contribution in [3.8, 4) is 17.0 Å². The van der Waals surface area contributed by atoms with E-state index in [0.29, 0.717) is 11.6 Å². The van der Waals surface area contributed by atoms with Crippen molar-refractivity contribution in [1.82, 2.24) is 9.38 Å². The van der Waals surface area contributed by atoms with Crippen LogP contribution >= 0.6 is 11.3 Å². The monoisotopic (exact) mass is 288 g/mol. The lowest BCUT2D eigenvalue weighted by atomic mass is 10.1. The second-order valence-corrected chi connectivity index (χ2v) is 5.00. The van der Waals surface area contributed by atoms with Crippen LogP contribution in [0.1, 0.15) is 17.4 Å². The van der Waals surface area contributed by atoms with Crippen LogP contribution in [0.4, 0.5) is 0 Å². The van der Waals surface area contributed by atoms with Gasteiger partial charge in [-0.05, 0) is 19.1 Å². The average molecular weight is 288 g/mol. The largest absolute Gasteiger partial charge is 0.494 e. The van der Waals surface area contributed by atoms with Gasteiger partial charge in [0.1, 0.15) is 5.75 Å². The first-order chi connectivity index (χ1) is 9.69. The minimum Gasteiger partial charge on any atom is -0.494 e. The first-order valence-corrected chi connectivity index (χ1v) is 7.00. The molecule has 0 aliphatic carbocycles. The van der Waals surface area contributed by atoms with Crippen molar-refractivity contribution < 1.29 is 14.6 Å². The number of rotatable bonds is 4. The van der Waals surface area contributed by atoms with Gasteiger partial charge in [0.15, 0.2) is 10.7 Å². The Balaban J connectivity index is 2.09. The quantitative estimate of drug-likeness (QED) is 0.801. The number of carbonyl (C=O) groups is 1. The molecule has 6 heteroatoms. The Morgan fingerprint density at radius 3 is 3.10 bits per heavy atom. The molecule has 0 unspecified atom stereocenters. The lowest BCUT2D eigenvalue weighted by Gasteiger charge is -2.05. The maximum atomic E-state index is 11.0. The molecule has 0 saturated heterocycles. The van der Waals surface area contributed by atoms with E-state index in [1.54, 1.807) is 4.40 Å². The number of thiazole rings is 1. The molecule has 0 amide bonds. The molecule has 0 aliphatic rings. The van der Waals surface area contributed by atoms with E-state index in [-0.39, 0.29) is 5.69 Å². The first kappa shape index (κ1) is 12.7. The summed E-state index contributed by atoms with van der Waals surface area (Å²) < 4.78 is 7.28. The molecule has 5 nitrogen and oxygen atoms in total. The Bertz CT molecular complexity index is 776. The van der Waals surface area contributed by atoms with Crippen molar-refractivity contribution in [3.63, 3.8) is 0 Å². The molecule has 0 aliphatic heterocycles. The second kappa shape index (κ2) is 4.97. The molecule has 2 aromatic heterocycles. The predicted molar refractivity (Wildman–Crippen MR) is 76.6 cm³/mol. The molecule has 3 aromatic rings. The number of aromatic nitrogens is 2. The Morgan fingerprint density at radius 1 is 1.50 bits per heavy atom. The fourth-order valence-electron chi connectivity index (χ4n) is 2.01. The van der Waals surface area contributed by atoms with Gasteiger partial charge in [0, 0.05) is 17.1 Å². The standard InChI is InChI=1S/C14H12N2O3S/c1-2-19-10-5-3-4-9(6-10)12-8-20-14-15-11(13(17)18)7-16(12)14/h3-8H,2H2,1H3,(H,17,18). The number of aromatic carboxylic acids is 1. The highest BCUT2D eigenvalue weighted by Gasteiger charge is 2.13. The maximum absolute atomic E-state index is 11.0. The average Bonchev–Trinajstić information content (AvgIpc) is 2.98. The lowest BCUT2D eigenvalue weighted by Crippen LogP contribution is -1.95. The second-order valence-electron chi connectivity index (χ2n) is 4.17. The number of hydrogen-bond acceptors (Lipinski definition) is 4. The molecule has 2 heterocycles. The zero-order valence-corrected chi connectivity index (χ0v) is 11.6. The number of ether oxygens (including phenoxy) is 1. The van der Waals surface area contributed by atoms with Gasteiger partial charge in [-0.3, -0.25) is 4.40 Å². The van der Waals surface area contributed by atoms with Crippen molar-refractivity contribution in [3.05, 3.63) is 41.5 Å². The van der Waals surface area contributed by atoms with Crippen LogP contribution in [0.25, 0.3) is 16.2 Å². The number of carboxylic acids is 1. The van der Waals surface area contributed by atoms with E-state index in [0.717, 1.165) is 17.0 Å². The highest BCUT2D eigenvalue weighted by atomic mass is 32.1. The first-order valence-electron chi connectivity index (χ1n) is 6.12. The summed E-state index contributed by atoms with van der Waals surface area (Å²) in [6, 6.07) is 7.71. The SMILES string of the molecule is CCOc1cccc(-c2csc3nc(C(=O)O)cn23)c1. The third kappa shape index (κ3) is 2.14. The smallest absolute Gasteiger partial charge is 0.356 e. The number of carboxylic acid groups (broad SMARTS) is 1. The fraction of sp³-hybridized carbons (Fsp3) is 0.143. The van der Waals surface area contributed by atoms with Gasteiger partial charge in [-0.1, -0.05) is 12.1 Å². The van der Waals surface area contributed by atoms with E-state index in [9.17, 15) is 4.79 Å². The third-order valence-corrected chi connectivity index (χ3v) is 3.71. The van der Waals surface area contributed by atoms with Gasteiger partial charge < -0.3 is 9.84 Å². The summed E-state index contributed by atoms with van der Waals surface area (Å²) in [5.41, 5.74) is 1.93. The van der Waals surface area contributed by atoms with E-state index in [1.165, 1.54) is 17.5 Å². The van der Waals surface area contributed by atoms with E-state index >= 15 is 0 Å². The van der Waals surface area contributed by atoms with Crippen LogP contribution in [-0.2, 0) is 0 Å². The number of fused-ring (bicyclic) bond motifs is 1. The molecule has 0 bridgehead atoms. The van der Waals surface area contributed by atoms with Crippen molar-refractivity contribution in [2.75, 3.05) is 6.61 Å². The van der Waals surface area contributed by atoms with Crippen LogP contribution in [-0.4, -0.2) is 27.1 Å². The molecular weight excluding hydrogens is 276 g/mol. The number of benzene rings is 1. The molecule has 1 aromatic carbocycles. The van der Waals surface area contributed by atoms with Crippen molar-refractivity contribution >= 4 is 22.3 Å². The summed E-state index contributed by atoms with van der Waals surface area (Å²) in [5, 5.41) is 10.9. The topological polar surface area (TPSA) is 63.8 Å². The van der Waals surface area contributed by atoms with E-state index in [2.05, 4.69) is 4.98 Å². The molecule has 1 N–H and O–H groups in total. The highest BCUT2D eigenvalue weighted by Crippen LogP contribution is 2.28. The fourth-order valence-corrected chi connectivity index (χ4v) is 2.89. The minimum absolute atomic E-state index is 0.0547. The zero-order chi connectivity index (χ0) is 14.1. The van der Waals surface area contributed by atoms with Crippen molar-refractivity contribution in [2.45, 2.75) is 6.92 Å². The Kier molecular flexibility index (Phi) is 3.15. The Morgan fingerprint density at radius 2 is 2.35 bits per heavy atom. The van der Waals surface area contributed by atoms with E-state index in [1.807, 2.05) is 36.6 Å². The molecular formula is C14H12N2O3S. The molecule has 20 heavy (non-hydrogen) atoms. The van der Waals surface area contributed by atoms with Crippen molar-refractivity contribution in [1.29, 1.82) is 0 Å². The minimum atomic E-state index is -1.02. The van der Waals surface area contributed by atoms with Crippen LogP contribution in [0.2, 0.25) is 0 Å². The van der Waals surface area contributed by atoms with Crippen LogP contribution in [0.5, 0.6) is 5.75 Å². The van der Waals surface area contributed by atoms with Gasteiger partial charge in [-0.2, -0.15) is 0 Å². The van der Waals surface area contributed by atoms with Gasteiger partial charge in [-0.25, -0.2) is 9.78 Å². The van der Waals surface area contributed by atoms with Crippen LogP contribution in [0.3, 0.4) is 0 Å². The van der Waals surface area contributed by atoms with Gasteiger partial charge in [0.25, 0.3) is 0 Å². The third-order valence-electron chi connectivity index (χ3n) is 2.87. The molecule has 0 atom stereocenters. The summed E-state index contributed by atoms with van der Waals surface area (Å²) in [7, 11) is 0. The van der Waals surface area contributed by atoms with Gasteiger partial charge in [0.05, 0.1) is 12.3 Å². The summed E-state index contributed by atoms with van der Waals surface area (Å²) in [4.78, 5) is 15.7. The highest BCUT2D eigenvalue weighted by molar-refractivity contribution is 7.15. The van der Waals surface area contributed by atoms with Crippen LogP contribution in [0.15, 0.2) is 35.8 Å². The van der Waals surface area contributed by atoms with E-state index in [4.69, 9.17) is 9.84 Å².